The van der Waals surface area contributed by atoms with Crippen molar-refractivity contribution in [2.45, 2.75) is 19.5 Å². The second-order valence-electron chi connectivity index (χ2n) is 5.92. The van der Waals surface area contributed by atoms with Crippen molar-refractivity contribution in [1.29, 1.82) is 0 Å². The molecule has 1 N–H and O–H groups in total. The first-order chi connectivity index (χ1) is 12.1. The van der Waals surface area contributed by atoms with E-state index in [9.17, 15) is 9.59 Å². The van der Waals surface area contributed by atoms with Crippen LogP contribution in [-0.4, -0.2) is 29.6 Å². The van der Waals surface area contributed by atoms with Gasteiger partial charge in [-0.05, 0) is 36.8 Å². The molecule has 0 saturated heterocycles. The maximum absolute atomic E-state index is 12.3. The van der Waals surface area contributed by atoms with E-state index < -0.39 is 12.0 Å². The highest BCUT2D eigenvalue weighted by molar-refractivity contribution is 5.99. The molecular weight excluding hydrogens is 316 g/mol. The van der Waals surface area contributed by atoms with Crippen LogP contribution in [0, 0.1) is 0 Å². The van der Waals surface area contributed by atoms with Crippen molar-refractivity contribution < 1.29 is 14.3 Å². The lowest BCUT2D eigenvalue weighted by molar-refractivity contribution is -0.142. The number of fused-ring (bicyclic) bond motifs is 1. The summed E-state index contributed by atoms with van der Waals surface area (Å²) in [5.74, 6) is -0.765. The number of nitrogens with one attached hydrogen (secondary N) is 1. The summed E-state index contributed by atoms with van der Waals surface area (Å²) in [4.78, 5) is 23.7. The van der Waals surface area contributed by atoms with Gasteiger partial charge in [0, 0.05) is 29.2 Å². The number of benzene rings is 2. The largest absolute Gasteiger partial charge is 0.467 e. The molecule has 0 saturated carbocycles. The Morgan fingerprint density at radius 3 is 2.60 bits per heavy atom. The molecule has 0 spiro atoms. The van der Waals surface area contributed by atoms with E-state index in [1.165, 1.54) is 12.7 Å². The van der Waals surface area contributed by atoms with Crippen LogP contribution in [-0.2, 0) is 16.1 Å². The fourth-order valence-corrected chi connectivity index (χ4v) is 2.78. The molecule has 2 aromatic carbocycles. The summed E-state index contributed by atoms with van der Waals surface area (Å²) in [6.07, 6.45) is 2.01. The van der Waals surface area contributed by atoms with Gasteiger partial charge in [0.25, 0.3) is 5.91 Å². The van der Waals surface area contributed by atoms with Crippen LogP contribution >= 0.6 is 0 Å². The van der Waals surface area contributed by atoms with Crippen LogP contribution in [0.3, 0.4) is 0 Å². The highest BCUT2D eigenvalue weighted by Crippen LogP contribution is 2.19. The minimum absolute atomic E-state index is 0.296. The quantitative estimate of drug-likeness (QED) is 0.729. The molecule has 0 bridgehead atoms. The maximum atomic E-state index is 12.3. The van der Waals surface area contributed by atoms with Gasteiger partial charge in [0.05, 0.1) is 7.11 Å². The monoisotopic (exact) mass is 336 g/mol. The Kier molecular flexibility index (Phi) is 4.84. The molecule has 3 rings (SSSR count). The SMILES string of the molecule is COC(=O)[C@H](C)NC(=O)c1ccc2c(ccn2Cc2ccccc2)c1. The zero-order valence-electron chi connectivity index (χ0n) is 14.2. The summed E-state index contributed by atoms with van der Waals surface area (Å²) in [7, 11) is 1.30. The van der Waals surface area contributed by atoms with E-state index >= 15 is 0 Å². The summed E-state index contributed by atoms with van der Waals surface area (Å²) in [5.41, 5.74) is 2.79. The van der Waals surface area contributed by atoms with Gasteiger partial charge < -0.3 is 14.6 Å². The summed E-state index contributed by atoms with van der Waals surface area (Å²) in [6.45, 7) is 2.37. The third kappa shape index (κ3) is 3.71. The summed E-state index contributed by atoms with van der Waals surface area (Å²) >= 11 is 0. The van der Waals surface area contributed by atoms with Crippen LogP contribution in [0.25, 0.3) is 10.9 Å². The van der Waals surface area contributed by atoms with Gasteiger partial charge in [-0.1, -0.05) is 30.3 Å². The molecule has 0 fully saturated rings. The first-order valence-corrected chi connectivity index (χ1v) is 8.10. The van der Waals surface area contributed by atoms with E-state index in [4.69, 9.17) is 0 Å². The number of nitrogens with zero attached hydrogens (tertiary/aromatic N) is 1. The average Bonchev–Trinajstić information content (AvgIpc) is 3.03. The molecule has 5 nitrogen and oxygen atoms in total. The number of carbonyl (C=O) groups excluding carboxylic acids is 2. The second-order valence-corrected chi connectivity index (χ2v) is 5.92. The van der Waals surface area contributed by atoms with Gasteiger partial charge in [-0.15, -0.1) is 0 Å². The number of esters is 1. The van der Waals surface area contributed by atoms with Crippen LogP contribution in [0.5, 0.6) is 0 Å². The first-order valence-electron chi connectivity index (χ1n) is 8.10. The summed E-state index contributed by atoms with van der Waals surface area (Å²) in [6, 6.07) is 17.0. The highest BCUT2D eigenvalue weighted by Gasteiger charge is 2.17. The number of carbonyl (C=O) groups is 2. The molecule has 1 heterocycles. The number of methoxy groups -OCH3 is 1. The predicted octanol–water partition coefficient (Wildman–Crippen LogP) is 2.98. The van der Waals surface area contributed by atoms with Crippen LogP contribution in [0.2, 0.25) is 0 Å². The Balaban J connectivity index is 1.79. The predicted molar refractivity (Wildman–Crippen MR) is 96.4 cm³/mol. The molecule has 1 atom stereocenters. The number of aromatic nitrogens is 1. The van der Waals surface area contributed by atoms with E-state index in [1.54, 1.807) is 13.0 Å². The fraction of sp³-hybridized carbons (Fsp3) is 0.200. The molecule has 25 heavy (non-hydrogen) atoms. The summed E-state index contributed by atoms with van der Waals surface area (Å²) < 4.78 is 6.76. The lowest BCUT2D eigenvalue weighted by Gasteiger charge is -2.12. The number of amides is 1. The van der Waals surface area contributed by atoms with Gasteiger partial charge >= 0.3 is 5.97 Å². The Bertz CT molecular complexity index is 900. The second kappa shape index (κ2) is 7.21. The van der Waals surface area contributed by atoms with Crippen molar-refractivity contribution in [1.82, 2.24) is 9.88 Å². The zero-order chi connectivity index (χ0) is 17.8. The van der Waals surface area contributed by atoms with Crippen LogP contribution in [0.1, 0.15) is 22.8 Å². The minimum atomic E-state index is -0.684. The number of hydrogen-bond acceptors (Lipinski definition) is 3. The smallest absolute Gasteiger partial charge is 0.328 e. The highest BCUT2D eigenvalue weighted by atomic mass is 16.5. The Morgan fingerprint density at radius 1 is 1.12 bits per heavy atom. The molecular formula is C20H20N2O3. The van der Waals surface area contributed by atoms with Gasteiger partial charge in [-0.25, -0.2) is 4.79 Å². The number of rotatable bonds is 5. The third-order valence-electron chi connectivity index (χ3n) is 4.13. The van der Waals surface area contributed by atoms with Crippen molar-refractivity contribution in [3.05, 3.63) is 71.9 Å². The molecule has 0 aliphatic rings. The Labute approximate surface area is 146 Å². The van der Waals surface area contributed by atoms with E-state index in [0.29, 0.717) is 5.56 Å². The summed E-state index contributed by atoms with van der Waals surface area (Å²) in [5, 5.41) is 3.62. The molecule has 1 amide bonds. The maximum Gasteiger partial charge on any atom is 0.328 e. The van der Waals surface area contributed by atoms with Crippen molar-refractivity contribution in [3.63, 3.8) is 0 Å². The zero-order valence-corrected chi connectivity index (χ0v) is 14.2. The molecule has 0 aliphatic carbocycles. The fourth-order valence-electron chi connectivity index (χ4n) is 2.78. The number of hydrogen-bond donors (Lipinski definition) is 1. The van der Waals surface area contributed by atoms with Gasteiger partial charge in [0.15, 0.2) is 0 Å². The molecule has 128 valence electrons. The molecule has 5 heteroatoms. The van der Waals surface area contributed by atoms with Gasteiger partial charge in [0.2, 0.25) is 0 Å². The van der Waals surface area contributed by atoms with E-state index in [2.05, 4.69) is 26.8 Å². The lowest BCUT2D eigenvalue weighted by Crippen LogP contribution is -2.39. The van der Waals surface area contributed by atoms with Crippen LogP contribution < -0.4 is 5.32 Å². The van der Waals surface area contributed by atoms with Crippen molar-refractivity contribution in [2.75, 3.05) is 7.11 Å². The van der Waals surface area contributed by atoms with E-state index in [0.717, 1.165) is 17.4 Å². The van der Waals surface area contributed by atoms with Crippen molar-refractivity contribution in [3.8, 4) is 0 Å². The standard InChI is InChI=1S/C20H20N2O3/c1-14(20(24)25-2)21-19(23)17-8-9-18-16(12-17)10-11-22(18)13-15-6-4-3-5-7-15/h3-12,14H,13H2,1-2H3,(H,21,23)/t14-/m0/s1. The molecule has 0 radical (unpaired) electrons. The average molecular weight is 336 g/mol. The van der Waals surface area contributed by atoms with Crippen LogP contribution in [0.4, 0.5) is 0 Å². The molecule has 0 aliphatic heterocycles. The Morgan fingerprint density at radius 2 is 1.88 bits per heavy atom. The van der Waals surface area contributed by atoms with Gasteiger partial charge in [0.1, 0.15) is 6.04 Å². The molecule has 0 unspecified atom stereocenters. The van der Waals surface area contributed by atoms with E-state index in [1.807, 2.05) is 42.6 Å². The van der Waals surface area contributed by atoms with Crippen molar-refractivity contribution in [2.24, 2.45) is 0 Å². The number of ether oxygens (including phenoxy) is 1. The topological polar surface area (TPSA) is 60.3 Å². The van der Waals surface area contributed by atoms with Crippen molar-refractivity contribution >= 4 is 22.8 Å². The van der Waals surface area contributed by atoms with Gasteiger partial charge in [-0.3, -0.25) is 4.79 Å². The molecule has 3 aromatic rings. The third-order valence-corrected chi connectivity index (χ3v) is 4.13. The van der Waals surface area contributed by atoms with Crippen LogP contribution in [0.15, 0.2) is 60.8 Å². The lowest BCUT2D eigenvalue weighted by atomic mass is 10.1. The van der Waals surface area contributed by atoms with Gasteiger partial charge in [-0.2, -0.15) is 0 Å². The Hall–Kier alpha value is -3.08. The first kappa shape index (κ1) is 16.8. The molecule has 1 aromatic heterocycles. The van der Waals surface area contributed by atoms with E-state index in [-0.39, 0.29) is 5.91 Å². The normalized spacial score (nSPS) is 11.9. The minimum Gasteiger partial charge on any atom is -0.467 e.